The van der Waals surface area contributed by atoms with Crippen molar-refractivity contribution in [3.8, 4) is 11.3 Å². The van der Waals surface area contributed by atoms with Crippen molar-refractivity contribution in [2.24, 2.45) is 0 Å². The van der Waals surface area contributed by atoms with Crippen molar-refractivity contribution in [2.45, 2.75) is 33.2 Å². The van der Waals surface area contributed by atoms with E-state index in [-0.39, 0.29) is 5.91 Å². The Balaban J connectivity index is 1.50. The summed E-state index contributed by atoms with van der Waals surface area (Å²) in [4.78, 5) is 20.5. The maximum atomic E-state index is 12.0. The molecular formula is C19H20N4O2. The van der Waals surface area contributed by atoms with Crippen LogP contribution < -0.4 is 5.32 Å². The maximum Gasteiger partial charge on any atom is 0.220 e. The van der Waals surface area contributed by atoms with E-state index in [9.17, 15) is 4.79 Å². The zero-order valence-electron chi connectivity index (χ0n) is 14.3. The van der Waals surface area contributed by atoms with Gasteiger partial charge < -0.3 is 9.84 Å². The molecule has 6 nitrogen and oxygen atoms in total. The first-order valence-electron chi connectivity index (χ1n) is 8.17. The summed E-state index contributed by atoms with van der Waals surface area (Å²) in [6.45, 7) is 4.21. The van der Waals surface area contributed by atoms with Crippen molar-refractivity contribution < 1.29 is 9.32 Å². The normalized spacial score (nSPS) is 10.6. The van der Waals surface area contributed by atoms with Crippen LogP contribution >= 0.6 is 0 Å². The van der Waals surface area contributed by atoms with E-state index >= 15 is 0 Å². The molecule has 3 aromatic heterocycles. The second-order valence-corrected chi connectivity index (χ2v) is 5.87. The molecule has 0 spiro atoms. The van der Waals surface area contributed by atoms with E-state index in [1.807, 2.05) is 38.1 Å². The molecule has 0 fully saturated rings. The maximum absolute atomic E-state index is 12.0. The standard InChI is InChI=1S/C19H20N4O2/c1-13-17(14(2)25-23-13)6-8-19(24)22-11-15-5-7-18(21-10-15)16-4-3-9-20-12-16/h3-5,7,9-10,12H,6,8,11H2,1-2H3,(H,22,24). The monoisotopic (exact) mass is 336 g/mol. The van der Waals surface area contributed by atoms with Gasteiger partial charge in [-0.2, -0.15) is 0 Å². The molecule has 3 rings (SSSR count). The smallest absolute Gasteiger partial charge is 0.220 e. The van der Waals surface area contributed by atoms with Gasteiger partial charge in [-0.25, -0.2) is 0 Å². The average Bonchev–Trinajstić information content (AvgIpc) is 2.97. The van der Waals surface area contributed by atoms with Gasteiger partial charge >= 0.3 is 0 Å². The summed E-state index contributed by atoms with van der Waals surface area (Å²) in [6, 6.07) is 7.74. The topological polar surface area (TPSA) is 80.9 Å². The Bertz CT molecular complexity index is 822. The highest BCUT2D eigenvalue weighted by molar-refractivity contribution is 5.76. The lowest BCUT2D eigenvalue weighted by Crippen LogP contribution is -2.23. The Morgan fingerprint density at radius 1 is 1.20 bits per heavy atom. The summed E-state index contributed by atoms with van der Waals surface area (Å²) in [7, 11) is 0. The van der Waals surface area contributed by atoms with Gasteiger partial charge in [0.05, 0.1) is 11.4 Å². The van der Waals surface area contributed by atoms with Crippen LogP contribution in [-0.2, 0) is 17.8 Å². The van der Waals surface area contributed by atoms with Crippen LogP contribution in [0, 0.1) is 13.8 Å². The second kappa shape index (κ2) is 7.70. The fourth-order valence-corrected chi connectivity index (χ4v) is 2.60. The molecule has 0 aliphatic carbocycles. The van der Waals surface area contributed by atoms with Gasteiger partial charge in [0.25, 0.3) is 0 Å². The first-order valence-corrected chi connectivity index (χ1v) is 8.17. The van der Waals surface area contributed by atoms with E-state index in [4.69, 9.17) is 4.52 Å². The molecule has 128 valence electrons. The Morgan fingerprint density at radius 3 is 2.72 bits per heavy atom. The average molecular weight is 336 g/mol. The van der Waals surface area contributed by atoms with Gasteiger partial charge in [-0.1, -0.05) is 11.2 Å². The molecule has 0 aliphatic rings. The number of nitrogens with zero attached hydrogens (tertiary/aromatic N) is 3. The number of aryl methyl sites for hydroxylation is 2. The lowest BCUT2D eigenvalue weighted by atomic mass is 10.1. The Labute approximate surface area is 146 Å². The number of carbonyl (C=O) groups is 1. The second-order valence-electron chi connectivity index (χ2n) is 5.87. The van der Waals surface area contributed by atoms with Crippen molar-refractivity contribution in [3.63, 3.8) is 0 Å². The minimum absolute atomic E-state index is 0.00339. The molecule has 0 unspecified atom stereocenters. The van der Waals surface area contributed by atoms with Crippen molar-refractivity contribution >= 4 is 5.91 Å². The third-order valence-electron chi connectivity index (χ3n) is 4.05. The highest BCUT2D eigenvalue weighted by atomic mass is 16.5. The van der Waals surface area contributed by atoms with Gasteiger partial charge in [0.2, 0.25) is 5.91 Å². The van der Waals surface area contributed by atoms with E-state index < -0.39 is 0 Å². The molecule has 0 atom stereocenters. The molecule has 0 bridgehead atoms. The van der Waals surface area contributed by atoms with Crippen LogP contribution in [0.4, 0.5) is 0 Å². The van der Waals surface area contributed by atoms with E-state index in [2.05, 4.69) is 20.4 Å². The molecule has 25 heavy (non-hydrogen) atoms. The molecule has 1 N–H and O–H groups in total. The predicted octanol–water partition coefficient (Wildman–Crippen LogP) is 3.00. The van der Waals surface area contributed by atoms with E-state index in [0.717, 1.165) is 33.8 Å². The van der Waals surface area contributed by atoms with Crippen molar-refractivity contribution in [1.82, 2.24) is 20.4 Å². The van der Waals surface area contributed by atoms with E-state index in [1.54, 1.807) is 18.6 Å². The minimum Gasteiger partial charge on any atom is -0.361 e. The first-order chi connectivity index (χ1) is 12.1. The Hall–Kier alpha value is -3.02. The van der Waals surface area contributed by atoms with Gasteiger partial charge in [-0.05, 0) is 44.0 Å². The number of nitrogens with one attached hydrogen (secondary N) is 1. The van der Waals surface area contributed by atoms with Crippen LogP contribution in [0.3, 0.4) is 0 Å². The van der Waals surface area contributed by atoms with Gasteiger partial charge in [0.1, 0.15) is 5.76 Å². The van der Waals surface area contributed by atoms with Gasteiger partial charge in [-0.3, -0.25) is 14.8 Å². The number of aromatic nitrogens is 3. The van der Waals surface area contributed by atoms with Crippen molar-refractivity contribution in [2.75, 3.05) is 0 Å². The van der Waals surface area contributed by atoms with Crippen LogP contribution in [0.1, 0.15) is 29.0 Å². The summed E-state index contributed by atoms with van der Waals surface area (Å²) in [5, 5.41) is 6.82. The largest absolute Gasteiger partial charge is 0.361 e. The summed E-state index contributed by atoms with van der Waals surface area (Å²) in [5.41, 5.74) is 4.65. The molecule has 0 aliphatic heterocycles. The quantitative estimate of drug-likeness (QED) is 0.748. The SMILES string of the molecule is Cc1noc(C)c1CCC(=O)NCc1ccc(-c2cccnc2)nc1. The fourth-order valence-electron chi connectivity index (χ4n) is 2.60. The minimum atomic E-state index is -0.00339. The van der Waals surface area contributed by atoms with E-state index in [0.29, 0.717) is 19.4 Å². The first kappa shape index (κ1) is 16.8. The Morgan fingerprint density at radius 2 is 2.08 bits per heavy atom. The van der Waals surface area contributed by atoms with Crippen LogP contribution in [0.25, 0.3) is 11.3 Å². The molecule has 0 saturated heterocycles. The number of hydrogen-bond donors (Lipinski definition) is 1. The number of rotatable bonds is 6. The van der Waals surface area contributed by atoms with Crippen LogP contribution in [0.15, 0.2) is 47.4 Å². The molecule has 0 saturated carbocycles. The Kier molecular flexibility index (Phi) is 5.18. The third-order valence-corrected chi connectivity index (χ3v) is 4.05. The molecule has 6 heteroatoms. The van der Waals surface area contributed by atoms with Gasteiger partial charge in [0.15, 0.2) is 0 Å². The lowest BCUT2D eigenvalue weighted by molar-refractivity contribution is -0.121. The highest BCUT2D eigenvalue weighted by Crippen LogP contribution is 2.16. The lowest BCUT2D eigenvalue weighted by Gasteiger charge is -2.06. The molecule has 0 aromatic carbocycles. The van der Waals surface area contributed by atoms with Crippen LogP contribution in [-0.4, -0.2) is 21.0 Å². The third kappa shape index (κ3) is 4.29. The van der Waals surface area contributed by atoms with Crippen LogP contribution in [0.5, 0.6) is 0 Å². The molecule has 1 amide bonds. The van der Waals surface area contributed by atoms with Crippen LogP contribution in [0.2, 0.25) is 0 Å². The van der Waals surface area contributed by atoms with Gasteiger partial charge in [-0.15, -0.1) is 0 Å². The van der Waals surface area contributed by atoms with E-state index in [1.165, 1.54) is 0 Å². The summed E-state index contributed by atoms with van der Waals surface area (Å²) in [6.07, 6.45) is 6.32. The van der Waals surface area contributed by atoms with Crippen molar-refractivity contribution in [1.29, 1.82) is 0 Å². The number of pyridine rings is 2. The zero-order valence-corrected chi connectivity index (χ0v) is 14.3. The highest BCUT2D eigenvalue weighted by Gasteiger charge is 2.11. The zero-order chi connectivity index (χ0) is 17.6. The molecular weight excluding hydrogens is 316 g/mol. The summed E-state index contributed by atoms with van der Waals surface area (Å²) in [5.74, 6) is 0.775. The van der Waals surface area contributed by atoms with Gasteiger partial charge in [0, 0.05) is 42.7 Å². The number of amides is 1. The molecule has 0 radical (unpaired) electrons. The summed E-state index contributed by atoms with van der Waals surface area (Å²) >= 11 is 0. The fraction of sp³-hybridized carbons (Fsp3) is 0.263. The van der Waals surface area contributed by atoms with Crippen molar-refractivity contribution in [3.05, 3.63) is 65.4 Å². The number of hydrogen-bond acceptors (Lipinski definition) is 5. The predicted molar refractivity (Wildman–Crippen MR) is 93.6 cm³/mol. The molecule has 3 heterocycles. The number of carbonyl (C=O) groups excluding carboxylic acids is 1. The molecule has 3 aromatic rings. The summed E-state index contributed by atoms with van der Waals surface area (Å²) < 4.78 is 5.11.